The second-order valence-corrected chi connectivity index (χ2v) is 10.5. The summed E-state index contributed by atoms with van der Waals surface area (Å²) in [6.45, 7) is 0. The maximum Gasteiger partial charge on any atom is 0.164 e. The van der Waals surface area contributed by atoms with Gasteiger partial charge in [-0.1, -0.05) is 140 Å². The second kappa shape index (κ2) is 10.1. The van der Waals surface area contributed by atoms with Crippen LogP contribution in [0.5, 0.6) is 0 Å². The van der Waals surface area contributed by atoms with E-state index in [0.717, 1.165) is 16.7 Å². The van der Waals surface area contributed by atoms with E-state index in [4.69, 9.17) is 15.0 Å². The molecule has 0 aliphatic carbocycles. The summed E-state index contributed by atoms with van der Waals surface area (Å²) in [6, 6.07) is 52.9. The van der Waals surface area contributed by atoms with Crippen molar-refractivity contribution in [3.8, 4) is 45.3 Å². The summed E-state index contributed by atoms with van der Waals surface area (Å²) in [5.74, 6) is 1.98. The van der Waals surface area contributed by atoms with Crippen molar-refractivity contribution in [2.45, 2.75) is 0 Å². The molecule has 3 heteroatoms. The number of hydrogen-bond acceptors (Lipinski definition) is 3. The van der Waals surface area contributed by atoms with Crippen LogP contribution in [0.2, 0.25) is 0 Å². The quantitative estimate of drug-likeness (QED) is 0.211. The van der Waals surface area contributed by atoms with Gasteiger partial charge in [0.25, 0.3) is 0 Å². The van der Waals surface area contributed by atoms with Crippen molar-refractivity contribution in [1.29, 1.82) is 0 Å². The zero-order chi connectivity index (χ0) is 27.9. The first kappa shape index (κ1) is 24.2. The van der Waals surface area contributed by atoms with E-state index in [0.29, 0.717) is 17.5 Å². The number of rotatable bonds is 4. The highest BCUT2D eigenvalue weighted by Crippen LogP contribution is 2.38. The van der Waals surface area contributed by atoms with Crippen LogP contribution < -0.4 is 0 Å². The lowest BCUT2D eigenvalue weighted by Gasteiger charge is -2.14. The van der Waals surface area contributed by atoms with Crippen LogP contribution in [0.15, 0.2) is 152 Å². The third kappa shape index (κ3) is 4.20. The van der Waals surface area contributed by atoms with Crippen LogP contribution >= 0.6 is 0 Å². The van der Waals surface area contributed by atoms with E-state index in [1.54, 1.807) is 0 Å². The summed E-state index contributed by atoms with van der Waals surface area (Å²) in [4.78, 5) is 14.8. The molecule has 1 heterocycles. The fourth-order valence-corrected chi connectivity index (χ4v) is 5.84. The Hall–Kier alpha value is -5.67. The van der Waals surface area contributed by atoms with Crippen LogP contribution in [0.1, 0.15) is 0 Å². The first-order valence-corrected chi connectivity index (χ1v) is 14.1. The molecule has 1 aromatic heterocycles. The molecule has 0 fully saturated rings. The molecule has 8 rings (SSSR count). The Balaban J connectivity index is 1.38. The molecule has 42 heavy (non-hydrogen) atoms. The minimum Gasteiger partial charge on any atom is -0.208 e. The van der Waals surface area contributed by atoms with Gasteiger partial charge in [-0.2, -0.15) is 0 Å². The highest BCUT2D eigenvalue weighted by molar-refractivity contribution is 6.26. The number of benzene rings is 7. The molecule has 0 atom stereocenters. The fraction of sp³-hybridized carbons (Fsp3) is 0. The maximum atomic E-state index is 4.98. The van der Waals surface area contributed by atoms with Crippen LogP contribution in [0.25, 0.3) is 77.6 Å². The summed E-state index contributed by atoms with van der Waals surface area (Å²) in [5.41, 5.74) is 5.31. The van der Waals surface area contributed by atoms with Gasteiger partial charge in [0.15, 0.2) is 17.5 Å². The summed E-state index contributed by atoms with van der Waals surface area (Å²) < 4.78 is 0. The van der Waals surface area contributed by atoms with Gasteiger partial charge < -0.3 is 0 Å². The van der Waals surface area contributed by atoms with Gasteiger partial charge in [0.2, 0.25) is 0 Å². The van der Waals surface area contributed by atoms with Gasteiger partial charge in [0.1, 0.15) is 0 Å². The van der Waals surface area contributed by atoms with Gasteiger partial charge >= 0.3 is 0 Å². The minimum atomic E-state index is 0.659. The van der Waals surface area contributed by atoms with Crippen LogP contribution in [-0.4, -0.2) is 15.0 Å². The summed E-state index contributed by atoms with van der Waals surface area (Å²) in [5, 5.41) is 7.34. The highest BCUT2D eigenvalue weighted by Gasteiger charge is 2.15. The molecule has 0 bridgehead atoms. The maximum absolute atomic E-state index is 4.98. The molecule has 0 N–H and O–H groups in total. The molecule has 0 amide bonds. The zero-order valence-electron chi connectivity index (χ0n) is 22.8. The molecule has 0 aliphatic heterocycles. The largest absolute Gasteiger partial charge is 0.208 e. The molecule has 8 aromatic rings. The van der Waals surface area contributed by atoms with Gasteiger partial charge in [-0.15, -0.1) is 0 Å². The van der Waals surface area contributed by atoms with Crippen LogP contribution in [0, 0.1) is 0 Å². The lowest BCUT2D eigenvalue weighted by atomic mass is 9.91. The third-order valence-electron chi connectivity index (χ3n) is 7.90. The number of hydrogen-bond donors (Lipinski definition) is 0. The van der Waals surface area contributed by atoms with Gasteiger partial charge in [-0.25, -0.2) is 15.0 Å². The van der Waals surface area contributed by atoms with Gasteiger partial charge in [-0.3, -0.25) is 0 Å². The van der Waals surface area contributed by atoms with Crippen molar-refractivity contribution in [1.82, 2.24) is 15.0 Å². The molecule has 196 valence electrons. The average Bonchev–Trinajstić information content (AvgIpc) is 3.09. The van der Waals surface area contributed by atoms with E-state index in [1.165, 1.54) is 43.4 Å². The smallest absolute Gasteiger partial charge is 0.164 e. The van der Waals surface area contributed by atoms with Gasteiger partial charge in [0.05, 0.1) is 0 Å². The Morgan fingerprint density at radius 3 is 1.14 bits per heavy atom. The third-order valence-corrected chi connectivity index (χ3v) is 7.90. The molecule has 0 unspecified atom stereocenters. The Bertz CT molecular complexity index is 2170. The van der Waals surface area contributed by atoms with E-state index in [1.807, 2.05) is 60.7 Å². The molecule has 0 radical (unpaired) electrons. The van der Waals surface area contributed by atoms with Crippen molar-refractivity contribution in [2.24, 2.45) is 0 Å². The molecule has 3 nitrogen and oxygen atoms in total. The van der Waals surface area contributed by atoms with Gasteiger partial charge in [-0.05, 0) is 55.6 Å². The minimum absolute atomic E-state index is 0.659. The predicted molar refractivity (Wildman–Crippen MR) is 174 cm³/mol. The van der Waals surface area contributed by atoms with Crippen LogP contribution in [0.4, 0.5) is 0 Å². The molecule has 0 spiro atoms. The number of nitrogens with zero attached hydrogens (tertiary/aromatic N) is 3. The normalized spacial score (nSPS) is 11.3. The molecule has 0 aliphatic rings. The summed E-state index contributed by atoms with van der Waals surface area (Å²) in [7, 11) is 0. The SMILES string of the molecule is c1ccc(-c2ccc3c4ccccc4c4cc(-c5nc(-c6ccccc6)nc(-c6ccccc6)n5)ccc4c3c2)cc1. The summed E-state index contributed by atoms with van der Waals surface area (Å²) in [6.07, 6.45) is 0. The van der Waals surface area contributed by atoms with Crippen LogP contribution in [0.3, 0.4) is 0 Å². The first-order chi connectivity index (χ1) is 20.8. The standard InChI is InChI=1S/C39H25N3/c1-4-12-26(13-5-1)29-20-22-33-31-18-10-11-19-32(31)36-25-30(21-23-34(36)35(33)24-29)39-41-37(27-14-6-2-7-15-27)40-38(42-39)28-16-8-3-9-17-28/h1-25H. The van der Waals surface area contributed by atoms with Gasteiger partial charge in [0, 0.05) is 16.7 Å². The van der Waals surface area contributed by atoms with Crippen molar-refractivity contribution >= 4 is 32.3 Å². The lowest BCUT2D eigenvalue weighted by molar-refractivity contribution is 1.07. The highest BCUT2D eigenvalue weighted by atomic mass is 15.0. The second-order valence-electron chi connectivity index (χ2n) is 10.5. The van der Waals surface area contributed by atoms with Crippen molar-refractivity contribution in [3.05, 3.63) is 152 Å². The van der Waals surface area contributed by atoms with E-state index in [9.17, 15) is 0 Å². The summed E-state index contributed by atoms with van der Waals surface area (Å²) >= 11 is 0. The molecule has 0 saturated carbocycles. The average molecular weight is 536 g/mol. The van der Waals surface area contributed by atoms with E-state index >= 15 is 0 Å². The first-order valence-electron chi connectivity index (χ1n) is 14.1. The fourth-order valence-electron chi connectivity index (χ4n) is 5.84. The molecule has 7 aromatic carbocycles. The van der Waals surface area contributed by atoms with E-state index in [-0.39, 0.29) is 0 Å². The van der Waals surface area contributed by atoms with Crippen molar-refractivity contribution < 1.29 is 0 Å². The number of aromatic nitrogens is 3. The van der Waals surface area contributed by atoms with Crippen molar-refractivity contribution in [3.63, 3.8) is 0 Å². The van der Waals surface area contributed by atoms with Crippen LogP contribution in [-0.2, 0) is 0 Å². The monoisotopic (exact) mass is 535 g/mol. The molecular formula is C39H25N3. The Morgan fingerprint density at radius 2 is 0.595 bits per heavy atom. The van der Waals surface area contributed by atoms with E-state index < -0.39 is 0 Å². The van der Waals surface area contributed by atoms with E-state index in [2.05, 4.69) is 91.0 Å². The number of fused-ring (bicyclic) bond motifs is 6. The molecule has 0 saturated heterocycles. The Morgan fingerprint density at radius 1 is 0.238 bits per heavy atom. The Labute approximate surface area is 243 Å². The topological polar surface area (TPSA) is 38.7 Å². The van der Waals surface area contributed by atoms with Crippen molar-refractivity contribution in [2.75, 3.05) is 0 Å². The zero-order valence-corrected chi connectivity index (χ0v) is 22.8. The lowest BCUT2D eigenvalue weighted by Crippen LogP contribution is -2.00. The Kier molecular flexibility index (Phi) is 5.79. The predicted octanol–water partition coefficient (Wildman–Crippen LogP) is 10.00. The molecular weight excluding hydrogens is 510 g/mol.